The van der Waals surface area contributed by atoms with E-state index in [1.54, 1.807) is 48.1 Å². The summed E-state index contributed by atoms with van der Waals surface area (Å²) in [6, 6.07) is 8.39. The molecule has 0 radical (unpaired) electrons. The molecule has 0 aliphatic carbocycles. The van der Waals surface area contributed by atoms with Gasteiger partial charge in [-0.05, 0) is 29.6 Å². The zero-order valence-electron chi connectivity index (χ0n) is 9.65. The number of sulfonamides is 1. The van der Waals surface area contributed by atoms with Crippen LogP contribution in [-0.2, 0) is 10.0 Å². The van der Waals surface area contributed by atoms with Crippen molar-refractivity contribution in [1.29, 1.82) is 0 Å². The second kappa shape index (κ2) is 4.60. The largest absolute Gasteiger partial charge is 0.277 e. The van der Waals surface area contributed by atoms with E-state index in [0.717, 1.165) is 0 Å². The molecule has 0 aromatic carbocycles. The molecule has 3 aromatic rings. The Kier molecular flexibility index (Phi) is 2.92. The van der Waals surface area contributed by atoms with Crippen LogP contribution in [0.5, 0.6) is 0 Å². The molecular weight excluding hydrogens is 282 g/mol. The molecule has 0 saturated carbocycles. The normalized spacial score (nSPS) is 11.6. The van der Waals surface area contributed by atoms with Gasteiger partial charge in [-0.25, -0.2) is 8.42 Å². The van der Waals surface area contributed by atoms with Crippen molar-refractivity contribution in [3.05, 3.63) is 48.1 Å². The van der Waals surface area contributed by atoms with Crippen molar-refractivity contribution in [3.8, 4) is 0 Å². The highest BCUT2D eigenvalue weighted by Crippen LogP contribution is 2.24. The second-order valence-corrected chi connectivity index (χ2v) is 6.62. The third-order valence-electron chi connectivity index (χ3n) is 2.50. The lowest BCUT2D eigenvalue weighted by Gasteiger charge is -2.07. The van der Waals surface area contributed by atoms with E-state index in [2.05, 4.69) is 14.7 Å². The van der Waals surface area contributed by atoms with Crippen molar-refractivity contribution in [2.24, 2.45) is 0 Å². The lowest BCUT2D eigenvalue weighted by molar-refractivity contribution is 0.603. The van der Waals surface area contributed by atoms with Crippen molar-refractivity contribution < 1.29 is 8.42 Å². The Morgan fingerprint density at radius 1 is 1.05 bits per heavy atom. The zero-order valence-corrected chi connectivity index (χ0v) is 11.3. The second-order valence-electron chi connectivity index (χ2n) is 3.77. The number of thiophene rings is 1. The predicted octanol–water partition coefficient (Wildman–Crippen LogP) is 2.49. The van der Waals surface area contributed by atoms with Crippen LogP contribution >= 0.6 is 11.3 Å². The van der Waals surface area contributed by atoms with Gasteiger partial charge >= 0.3 is 0 Å². The third kappa shape index (κ3) is 2.29. The monoisotopic (exact) mass is 291 g/mol. The number of rotatable bonds is 3. The average Bonchev–Trinajstić information content (AvgIpc) is 2.93. The Labute approximate surface area is 114 Å². The summed E-state index contributed by atoms with van der Waals surface area (Å²) in [7, 11) is -3.56. The van der Waals surface area contributed by atoms with Crippen LogP contribution in [0.3, 0.4) is 0 Å². The minimum Gasteiger partial charge on any atom is -0.277 e. The van der Waals surface area contributed by atoms with Gasteiger partial charge < -0.3 is 0 Å². The molecule has 19 heavy (non-hydrogen) atoms. The van der Waals surface area contributed by atoms with E-state index < -0.39 is 10.0 Å². The molecular formula is C12H9N3O2S2. The van der Waals surface area contributed by atoms with Gasteiger partial charge in [-0.2, -0.15) is 0 Å². The SMILES string of the molecule is O=S(=O)(Nc1ccnc2cccnc12)c1cccs1. The van der Waals surface area contributed by atoms with Gasteiger partial charge in [0.05, 0.1) is 11.2 Å². The van der Waals surface area contributed by atoms with E-state index in [1.807, 2.05) is 0 Å². The fraction of sp³-hybridized carbons (Fsp3) is 0. The first kappa shape index (κ1) is 12.1. The lowest BCUT2D eigenvalue weighted by atomic mass is 10.3. The minimum absolute atomic E-state index is 0.272. The van der Waals surface area contributed by atoms with E-state index in [9.17, 15) is 8.42 Å². The van der Waals surface area contributed by atoms with Crippen molar-refractivity contribution in [1.82, 2.24) is 9.97 Å². The van der Waals surface area contributed by atoms with Gasteiger partial charge in [0.15, 0.2) is 0 Å². The first-order valence-electron chi connectivity index (χ1n) is 5.43. The molecule has 0 aliphatic rings. The average molecular weight is 291 g/mol. The summed E-state index contributed by atoms with van der Waals surface area (Å²) in [5.41, 5.74) is 1.61. The summed E-state index contributed by atoms with van der Waals surface area (Å²) in [6.07, 6.45) is 3.16. The van der Waals surface area contributed by atoms with Crippen molar-refractivity contribution in [2.75, 3.05) is 4.72 Å². The van der Waals surface area contributed by atoms with Gasteiger partial charge in [0.2, 0.25) is 0 Å². The number of hydrogen-bond acceptors (Lipinski definition) is 5. The molecule has 0 aliphatic heterocycles. The number of aromatic nitrogens is 2. The molecule has 1 N–H and O–H groups in total. The number of nitrogens with zero attached hydrogens (tertiary/aromatic N) is 2. The molecule has 0 fully saturated rings. The van der Waals surface area contributed by atoms with Gasteiger partial charge in [0.1, 0.15) is 9.73 Å². The Morgan fingerprint density at radius 2 is 1.95 bits per heavy atom. The highest BCUT2D eigenvalue weighted by Gasteiger charge is 2.16. The molecule has 0 unspecified atom stereocenters. The molecule has 3 rings (SSSR count). The summed E-state index contributed by atoms with van der Waals surface area (Å²) in [6.45, 7) is 0. The number of hydrogen-bond donors (Lipinski definition) is 1. The van der Waals surface area contributed by atoms with Crippen LogP contribution in [-0.4, -0.2) is 18.4 Å². The van der Waals surface area contributed by atoms with E-state index >= 15 is 0 Å². The molecule has 0 spiro atoms. The Morgan fingerprint density at radius 3 is 2.74 bits per heavy atom. The maximum Gasteiger partial charge on any atom is 0.271 e. The standard InChI is InChI=1S/C12H9N3O2S2/c16-19(17,11-4-2-8-18-11)15-10-5-7-13-9-3-1-6-14-12(9)10/h1-8H,(H,13,15). The lowest BCUT2D eigenvalue weighted by Crippen LogP contribution is -2.12. The highest BCUT2D eigenvalue weighted by atomic mass is 32.2. The van der Waals surface area contributed by atoms with Crippen LogP contribution in [0.2, 0.25) is 0 Å². The van der Waals surface area contributed by atoms with Gasteiger partial charge in [-0.1, -0.05) is 6.07 Å². The van der Waals surface area contributed by atoms with Crippen LogP contribution in [0, 0.1) is 0 Å². The maximum atomic E-state index is 12.2. The van der Waals surface area contributed by atoms with E-state index in [0.29, 0.717) is 16.7 Å². The molecule has 3 heterocycles. The van der Waals surface area contributed by atoms with Crippen LogP contribution in [0.25, 0.3) is 11.0 Å². The molecule has 0 bridgehead atoms. The van der Waals surface area contributed by atoms with Crippen molar-refractivity contribution >= 4 is 38.1 Å². The number of anilines is 1. The third-order valence-corrected chi connectivity index (χ3v) is 5.26. The molecule has 7 heteroatoms. The van der Waals surface area contributed by atoms with Crippen LogP contribution < -0.4 is 4.72 Å². The summed E-state index contributed by atoms with van der Waals surface area (Å²) in [5.74, 6) is 0. The van der Waals surface area contributed by atoms with Gasteiger partial charge in [0, 0.05) is 12.4 Å². The van der Waals surface area contributed by atoms with Crippen LogP contribution in [0.1, 0.15) is 0 Å². The Bertz CT molecular complexity index is 809. The maximum absolute atomic E-state index is 12.2. The van der Waals surface area contributed by atoms with Gasteiger partial charge in [-0.3, -0.25) is 14.7 Å². The van der Waals surface area contributed by atoms with Gasteiger partial charge in [-0.15, -0.1) is 11.3 Å². The fourth-order valence-corrected chi connectivity index (χ4v) is 3.73. The zero-order chi connectivity index (χ0) is 13.3. The molecule has 0 atom stereocenters. The molecule has 3 aromatic heterocycles. The van der Waals surface area contributed by atoms with E-state index in [1.165, 1.54) is 11.3 Å². The number of pyridine rings is 2. The smallest absolute Gasteiger partial charge is 0.271 e. The van der Waals surface area contributed by atoms with Crippen LogP contribution in [0.4, 0.5) is 5.69 Å². The first-order valence-corrected chi connectivity index (χ1v) is 7.79. The number of nitrogens with one attached hydrogen (secondary N) is 1. The highest BCUT2D eigenvalue weighted by molar-refractivity contribution is 7.94. The topological polar surface area (TPSA) is 72.0 Å². The summed E-state index contributed by atoms with van der Waals surface area (Å²) in [4.78, 5) is 8.30. The van der Waals surface area contributed by atoms with Crippen molar-refractivity contribution in [2.45, 2.75) is 4.21 Å². The summed E-state index contributed by atoms with van der Waals surface area (Å²) in [5, 5.41) is 1.72. The first-order chi connectivity index (χ1) is 9.17. The molecule has 0 saturated heterocycles. The summed E-state index contributed by atoms with van der Waals surface area (Å²) >= 11 is 1.17. The quantitative estimate of drug-likeness (QED) is 0.804. The van der Waals surface area contributed by atoms with Gasteiger partial charge in [0.25, 0.3) is 10.0 Å². The molecule has 5 nitrogen and oxygen atoms in total. The van der Waals surface area contributed by atoms with E-state index in [4.69, 9.17) is 0 Å². The van der Waals surface area contributed by atoms with Crippen molar-refractivity contribution in [3.63, 3.8) is 0 Å². The summed E-state index contributed by atoms with van der Waals surface area (Å²) < 4.78 is 27.1. The minimum atomic E-state index is -3.56. The fourth-order valence-electron chi connectivity index (χ4n) is 1.67. The molecule has 0 amide bonds. The van der Waals surface area contributed by atoms with E-state index in [-0.39, 0.29) is 4.21 Å². The number of fused-ring (bicyclic) bond motifs is 1. The van der Waals surface area contributed by atoms with Crippen LogP contribution in [0.15, 0.2) is 52.3 Å². The molecule has 96 valence electrons. The predicted molar refractivity (Wildman–Crippen MR) is 74.7 cm³/mol. The Balaban J connectivity index is 2.07. The Hall–Kier alpha value is -1.99.